The average Bonchev–Trinajstić information content (AvgIpc) is 3.30. The molecule has 1 aromatic heterocycles. The van der Waals surface area contributed by atoms with Crippen molar-refractivity contribution in [2.75, 3.05) is 50.4 Å². The van der Waals surface area contributed by atoms with Crippen LogP contribution >= 0.6 is 11.3 Å². The third-order valence-electron chi connectivity index (χ3n) is 5.37. The molecule has 1 saturated heterocycles. The number of ether oxygens (including phenoxy) is 1. The van der Waals surface area contributed by atoms with Gasteiger partial charge in [0.1, 0.15) is 5.01 Å². The molecule has 0 aliphatic carbocycles. The molecule has 1 aliphatic heterocycles. The lowest BCUT2D eigenvalue weighted by Crippen LogP contribution is -2.47. The molecule has 0 unspecified atom stereocenters. The van der Waals surface area contributed by atoms with E-state index in [1.54, 1.807) is 0 Å². The number of anilines is 2. The zero-order valence-corrected chi connectivity index (χ0v) is 20.0. The van der Waals surface area contributed by atoms with Gasteiger partial charge < -0.3 is 15.0 Å². The monoisotopic (exact) mass is 520 g/mol. The lowest BCUT2D eigenvalue weighted by atomic mass is 10.1. The maximum Gasteiger partial charge on any atom is 0.573 e. The van der Waals surface area contributed by atoms with Gasteiger partial charge in [-0.2, -0.15) is 0 Å². The second-order valence-electron chi connectivity index (χ2n) is 8.12. The van der Waals surface area contributed by atoms with E-state index in [1.165, 1.54) is 6.07 Å². The lowest BCUT2D eigenvalue weighted by Gasteiger charge is -2.31. The number of likely N-dealkylation sites (N-methyl/N-ethyl adjacent to an activating group) is 1. The normalized spacial score (nSPS) is 14.9. The summed E-state index contributed by atoms with van der Waals surface area (Å²) in [5, 5.41) is 13.8. The van der Waals surface area contributed by atoms with E-state index >= 15 is 0 Å². The van der Waals surface area contributed by atoms with Crippen LogP contribution in [-0.4, -0.2) is 77.9 Å². The molecule has 2 amide bonds. The predicted molar refractivity (Wildman–Crippen MR) is 129 cm³/mol. The highest BCUT2D eigenvalue weighted by atomic mass is 32.1. The van der Waals surface area contributed by atoms with Gasteiger partial charge in [0.15, 0.2) is 5.75 Å². The molecule has 1 fully saturated rings. The van der Waals surface area contributed by atoms with Crippen molar-refractivity contribution in [2.45, 2.75) is 6.36 Å². The SMILES string of the molecule is CN1CCN(CC(=O)Nc2cc(C(=O)Nc3nnc(-c4ccccc4)s3)ccc2OC(F)(F)F)CC1. The molecule has 0 saturated carbocycles. The quantitative estimate of drug-likeness (QED) is 0.492. The molecule has 0 bridgehead atoms. The Bertz CT molecular complexity index is 1210. The van der Waals surface area contributed by atoms with Gasteiger partial charge in [0.2, 0.25) is 11.0 Å². The van der Waals surface area contributed by atoms with Crippen molar-refractivity contribution in [3.63, 3.8) is 0 Å². The van der Waals surface area contributed by atoms with E-state index in [0.29, 0.717) is 18.1 Å². The van der Waals surface area contributed by atoms with Crippen molar-refractivity contribution in [3.05, 3.63) is 54.1 Å². The Labute approximate surface area is 208 Å². The number of amides is 2. The first-order valence-electron chi connectivity index (χ1n) is 11.0. The summed E-state index contributed by atoms with van der Waals surface area (Å²) in [6.45, 7) is 2.88. The van der Waals surface area contributed by atoms with Gasteiger partial charge in [0.05, 0.1) is 12.2 Å². The Balaban J connectivity index is 1.48. The van der Waals surface area contributed by atoms with Crippen LogP contribution in [0.1, 0.15) is 10.4 Å². The molecule has 190 valence electrons. The first kappa shape index (κ1) is 25.5. The molecule has 2 aromatic carbocycles. The molecular formula is C23H23F3N6O3S. The molecule has 1 aliphatic rings. The number of alkyl halides is 3. The number of nitrogens with one attached hydrogen (secondary N) is 2. The van der Waals surface area contributed by atoms with Crippen LogP contribution in [0.4, 0.5) is 24.0 Å². The topological polar surface area (TPSA) is 99.7 Å². The summed E-state index contributed by atoms with van der Waals surface area (Å²) in [6.07, 6.45) is -4.97. The first-order chi connectivity index (χ1) is 17.2. The molecular weight excluding hydrogens is 497 g/mol. The second-order valence-corrected chi connectivity index (χ2v) is 9.10. The van der Waals surface area contributed by atoms with E-state index in [9.17, 15) is 22.8 Å². The first-order valence-corrected chi connectivity index (χ1v) is 11.8. The fourth-order valence-corrected chi connectivity index (χ4v) is 4.27. The van der Waals surface area contributed by atoms with Crippen molar-refractivity contribution in [2.24, 2.45) is 0 Å². The maximum atomic E-state index is 12.9. The van der Waals surface area contributed by atoms with Crippen molar-refractivity contribution in [1.82, 2.24) is 20.0 Å². The Kier molecular flexibility index (Phi) is 7.82. The summed E-state index contributed by atoms with van der Waals surface area (Å²) in [5.41, 5.74) is 0.576. The summed E-state index contributed by atoms with van der Waals surface area (Å²) in [5.74, 6) is -1.76. The van der Waals surface area contributed by atoms with Crippen molar-refractivity contribution >= 4 is 34.0 Å². The summed E-state index contributed by atoms with van der Waals surface area (Å²) >= 11 is 1.15. The molecule has 3 aromatic rings. The maximum absolute atomic E-state index is 12.9. The van der Waals surface area contributed by atoms with Gasteiger partial charge in [-0.25, -0.2) is 0 Å². The number of nitrogens with zero attached hydrogens (tertiary/aromatic N) is 4. The minimum absolute atomic E-state index is 0.00275. The highest BCUT2D eigenvalue weighted by Gasteiger charge is 2.32. The lowest BCUT2D eigenvalue weighted by molar-refractivity contribution is -0.274. The van der Waals surface area contributed by atoms with Crippen molar-refractivity contribution in [3.8, 4) is 16.3 Å². The molecule has 2 N–H and O–H groups in total. The number of halogens is 3. The number of carbonyl (C=O) groups is 2. The number of rotatable bonds is 7. The zero-order chi connectivity index (χ0) is 25.7. The Morgan fingerprint density at radius 1 is 1.03 bits per heavy atom. The van der Waals surface area contributed by atoms with Crippen LogP contribution in [0.5, 0.6) is 5.75 Å². The van der Waals surface area contributed by atoms with Gasteiger partial charge in [-0.1, -0.05) is 41.7 Å². The molecule has 0 spiro atoms. The number of hydrogen-bond donors (Lipinski definition) is 2. The van der Waals surface area contributed by atoms with Crippen LogP contribution in [0.2, 0.25) is 0 Å². The van der Waals surface area contributed by atoms with E-state index in [1.807, 2.05) is 42.3 Å². The van der Waals surface area contributed by atoms with Gasteiger partial charge in [-0.3, -0.25) is 19.8 Å². The summed E-state index contributed by atoms with van der Waals surface area (Å²) in [7, 11) is 1.97. The summed E-state index contributed by atoms with van der Waals surface area (Å²) < 4.78 is 42.8. The van der Waals surface area contributed by atoms with Gasteiger partial charge >= 0.3 is 6.36 Å². The van der Waals surface area contributed by atoms with Gasteiger partial charge in [0.25, 0.3) is 5.91 Å². The fourth-order valence-electron chi connectivity index (χ4n) is 3.52. The van der Waals surface area contributed by atoms with Crippen LogP contribution in [0.25, 0.3) is 10.6 Å². The Morgan fingerprint density at radius 2 is 1.75 bits per heavy atom. The second kappa shape index (κ2) is 11.0. The highest BCUT2D eigenvalue weighted by molar-refractivity contribution is 7.18. The fraction of sp³-hybridized carbons (Fsp3) is 0.304. The largest absolute Gasteiger partial charge is 0.573 e. The minimum atomic E-state index is -4.97. The minimum Gasteiger partial charge on any atom is -0.404 e. The van der Waals surface area contributed by atoms with E-state index in [0.717, 1.165) is 42.1 Å². The van der Waals surface area contributed by atoms with Gasteiger partial charge in [0, 0.05) is 37.3 Å². The van der Waals surface area contributed by atoms with Crippen LogP contribution in [-0.2, 0) is 4.79 Å². The number of benzene rings is 2. The third kappa shape index (κ3) is 6.99. The van der Waals surface area contributed by atoms with Crippen LogP contribution in [0, 0.1) is 0 Å². The Morgan fingerprint density at radius 3 is 2.44 bits per heavy atom. The van der Waals surface area contributed by atoms with E-state index < -0.39 is 23.9 Å². The molecule has 2 heterocycles. The van der Waals surface area contributed by atoms with Gasteiger partial charge in [-0.15, -0.1) is 23.4 Å². The summed E-state index contributed by atoms with van der Waals surface area (Å²) in [4.78, 5) is 29.4. The number of carbonyl (C=O) groups excluding carboxylic acids is 2. The smallest absolute Gasteiger partial charge is 0.404 e. The zero-order valence-electron chi connectivity index (χ0n) is 19.2. The number of piperazine rings is 1. The Hall–Kier alpha value is -3.55. The van der Waals surface area contributed by atoms with E-state index in [2.05, 4.69) is 30.5 Å². The number of hydrogen-bond acceptors (Lipinski definition) is 8. The predicted octanol–water partition coefficient (Wildman–Crippen LogP) is 3.54. The standard InChI is InChI=1S/C23H23F3N6O3S/c1-31-9-11-32(12-10-31)14-19(33)27-17-13-16(7-8-18(17)35-23(24,25)26)20(34)28-22-30-29-21(36-22)15-5-3-2-4-6-15/h2-8,13H,9-12,14H2,1H3,(H,27,33)(H,28,30,34). The summed E-state index contributed by atoms with van der Waals surface area (Å²) in [6, 6.07) is 12.6. The third-order valence-corrected chi connectivity index (χ3v) is 6.26. The van der Waals surface area contributed by atoms with Crippen molar-refractivity contribution in [1.29, 1.82) is 0 Å². The van der Waals surface area contributed by atoms with E-state index in [-0.39, 0.29) is 22.9 Å². The van der Waals surface area contributed by atoms with E-state index in [4.69, 9.17) is 0 Å². The molecule has 13 heteroatoms. The van der Waals surface area contributed by atoms with Crippen LogP contribution < -0.4 is 15.4 Å². The molecule has 36 heavy (non-hydrogen) atoms. The highest BCUT2D eigenvalue weighted by Crippen LogP contribution is 2.32. The average molecular weight is 521 g/mol. The molecule has 0 atom stereocenters. The molecule has 4 rings (SSSR count). The number of aromatic nitrogens is 2. The van der Waals surface area contributed by atoms with Crippen molar-refractivity contribution < 1.29 is 27.5 Å². The molecule has 9 nitrogen and oxygen atoms in total. The van der Waals surface area contributed by atoms with Crippen LogP contribution in [0.15, 0.2) is 48.5 Å². The van der Waals surface area contributed by atoms with Crippen LogP contribution in [0.3, 0.4) is 0 Å². The van der Waals surface area contributed by atoms with Gasteiger partial charge in [-0.05, 0) is 25.2 Å². The molecule has 0 radical (unpaired) electrons.